The molecule has 2 aromatic heterocycles. The smallest absolute Gasteiger partial charge is 0.299 e. The van der Waals surface area contributed by atoms with E-state index in [0.29, 0.717) is 25.6 Å². The summed E-state index contributed by atoms with van der Waals surface area (Å²) in [4.78, 5) is 21.1. The minimum atomic E-state index is -4.39. The highest BCUT2D eigenvalue weighted by Gasteiger charge is 2.30. The number of carbonyl (C=O) groups excluding carboxylic acids is 1. The number of halogens is 5. The summed E-state index contributed by atoms with van der Waals surface area (Å²) in [6, 6.07) is 4.57. The number of rotatable bonds is 5. The number of Topliss-reactive ketones (excluding diaryl/α,β-unsaturated/α-hetero) is 1. The Hall–Kier alpha value is -1.48. The first-order chi connectivity index (χ1) is 12.2. The van der Waals surface area contributed by atoms with E-state index in [2.05, 4.69) is 9.97 Å². The van der Waals surface area contributed by atoms with Crippen LogP contribution in [0.15, 0.2) is 29.6 Å². The summed E-state index contributed by atoms with van der Waals surface area (Å²) in [6.45, 7) is 0. The van der Waals surface area contributed by atoms with Crippen molar-refractivity contribution >= 4 is 51.7 Å². The summed E-state index contributed by atoms with van der Waals surface area (Å²) in [7, 11) is 0. The number of nitrogens with zero attached hydrogens (tertiary/aromatic N) is 2. The average molecular weight is 437 g/mol. The quantitative estimate of drug-likeness (QED) is 0.496. The lowest BCUT2D eigenvalue weighted by atomic mass is 10.1. The summed E-state index contributed by atoms with van der Waals surface area (Å²) < 4.78 is 37.9. The summed E-state index contributed by atoms with van der Waals surface area (Å²) in [5.41, 5.74) is 0.386. The van der Waals surface area contributed by atoms with Crippen molar-refractivity contribution < 1.29 is 18.0 Å². The van der Waals surface area contributed by atoms with Crippen LogP contribution in [0.25, 0.3) is 10.6 Å². The van der Waals surface area contributed by atoms with Crippen LogP contribution >= 0.6 is 45.9 Å². The number of hydrogen-bond donors (Lipinski definition) is 0. The molecule has 136 valence electrons. The Morgan fingerprint density at radius 2 is 1.77 bits per heavy atom. The molecule has 3 nitrogen and oxygen atoms in total. The second kappa shape index (κ2) is 7.64. The first-order valence-corrected chi connectivity index (χ1v) is 9.62. The van der Waals surface area contributed by atoms with E-state index in [-0.39, 0.29) is 23.8 Å². The number of hydrogen-bond acceptors (Lipinski definition) is 5. The van der Waals surface area contributed by atoms with Gasteiger partial charge in [-0.3, -0.25) is 4.79 Å². The molecule has 0 N–H and O–H groups in total. The normalized spacial score (nSPS) is 11.7. The van der Waals surface area contributed by atoms with Crippen molar-refractivity contribution in [2.45, 2.75) is 19.0 Å². The first kappa shape index (κ1) is 19.3. The van der Waals surface area contributed by atoms with E-state index < -0.39 is 11.7 Å². The van der Waals surface area contributed by atoms with Gasteiger partial charge in [0.25, 0.3) is 0 Å². The Morgan fingerprint density at radius 1 is 1.08 bits per heavy atom. The van der Waals surface area contributed by atoms with Gasteiger partial charge in [-0.2, -0.15) is 13.2 Å². The van der Waals surface area contributed by atoms with Gasteiger partial charge in [-0.1, -0.05) is 46.7 Å². The number of thiazole rings is 2. The highest BCUT2D eigenvalue weighted by Crippen LogP contribution is 2.36. The molecule has 10 heteroatoms. The zero-order valence-corrected chi connectivity index (χ0v) is 16.0. The van der Waals surface area contributed by atoms with Gasteiger partial charge in [0.05, 0.1) is 22.6 Å². The maximum atomic E-state index is 12.5. The van der Waals surface area contributed by atoms with Crippen LogP contribution < -0.4 is 0 Å². The predicted octanol–water partition coefficient (Wildman–Crippen LogP) is 5.95. The largest absolute Gasteiger partial charge is 0.416 e. The molecule has 0 spiro atoms. The fourth-order valence-electron chi connectivity index (χ4n) is 2.20. The molecule has 0 atom stereocenters. The van der Waals surface area contributed by atoms with Gasteiger partial charge in [0.1, 0.15) is 10.8 Å². The van der Waals surface area contributed by atoms with Gasteiger partial charge in [-0.25, -0.2) is 9.97 Å². The average Bonchev–Trinajstić information content (AvgIpc) is 3.12. The monoisotopic (exact) mass is 436 g/mol. The summed E-state index contributed by atoms with van der Waals surface area (Å²) >= 11 is 14.3. The van der Waals surface area contributed by atoms with E-state index in [1.807, 2.05) is 0 Å². The molecule has 0 unspecified atom stereocenters. The van der Waals surface area contributed by atoms with Gasteiger partial charge in [0.15, 0.2) is 9.62 Å². The minimum Gasteiger partial charge on any atom is -0.299 e. The van der Waals surface area contributed by atoms with Crippen molar-refractivity contribution in [2.75, 3.05) is 0 Å². The summed E-state index contributed by atoms with van der Waals surface area (Å²) in [5.74, 6) is -0.140. The van der Waals surface area contributed by atoms with Gasteiger partial charge < -0.3 is 0 Å². The van der Waals surface area contributed by atoms with Crippen LogP contribution in [0.5, 0.6) is 0 Å². The van der Waals surface area contributed by atoms with E-state index in [0.717, 1.165) is 12.1 Å². The van der Waals surface area contributed by atoms with Gasteiger partial charge in [0.2, 0.25) is 0 Å². The zero-order chi connectivity index (χ0) is 18.9. The SMILES string of the molecule is O=C(Cc1ccc(C(F)(F)F)cc1)Cc1nc(-c2sc(Cl)nc2Cl)cs1. The standard InChI is InChI=1S/C16H9Cl2F3N2OS2/c17-14-13(26-15(18)23-14)11-7-25-12(22-11)6-10(24)5-8-1-3-9(4-2-8)16(19,20)21/h1-4,7H,5-6H2. The van der Waals surface area contributed by atoms with Gasteiger partial charge in [-0.05, 0) is 17.7 Å². The molecule has 3 rings (SSSR count). The lowest BCUT2D eigenvalue weighted by Crippen LogP contribution is -2.08. The number of aromatic nitrogens is 2. The lowest BCUT2D eigenvalue weighted by Gasteiger charge is -2.07. The molecule has 0 bridgehead atoms. The molecule has 0 amide bonds. The molecular formula is C16H9Cl2F3N2OS2. The highest BCUT2D eigenvalue weighted by molar-refractivity contribution is 7.19. The van der Waals surface area contributed by atoms with Crippen LogP contribution in [0.1, 0.15) is 16.1 Å². The molecule has 2 heterocycles. The Labute approximate surface area is 164 Å². The predicted molar refractivity (Wildman–Crippen MR) is 97.1 cm³/mol. The van der Waals surface area contributed by atoms with Crippen LogP contribution in [0, 0.1) is 0 Å². The van der Waals surface area contributed by atoms with Gasteiger partial charge in [-0.15, -0.1) is 11.3 Å². The maximum absolute atomic E-state index is 12.5. The Bertz CT molecular complexity index is 936. The van der Waals surface area contributed by atoms with Gasteiger partial charge >= 0.3 is 6.18 Å². The van der Waals surface area contributed by atoms with E-state index in [1.165, 1.54) is 34.8 Å². The number of benzene rings is 1. The third kappa shape index (κ3) is 4.62. The molecule has 0 fully saturated rings. The highest BCUT2D eigenvalue weighted by atomic mass is 35.5. The summed E-state index contributed by atoms with van der Waals surface area (Å²) in [6.07, 6.45) is -4.25. The molecule has 0 aliphatic heterocycles. The van der Waals surface area contributed by atoms with Gasteiger partial charge in [0, 0.05) is 11.8 Å². The lowest BCUT2D eigenvalue weighted by molar-refractivity contribution is -0.137. The van der Waals surface area contributed by atoms with Crippen LogP contribution in [-0.4, -0.2) is 15.8 Å². The molecule has 1 aromatic carbocycles. The number of carbonyl (C=O) groups is 1. The molecule has 0 aliphatic carbocycles. The van der Waals surface area contributed by atoms with Crippen LogP contribution in [0.4, 0.5) is 13.2 Å². The second-order valence-corrected chi connectivity index (χ2v) is 8.18. The fraction of sp³-hybridized carbons (Fsp3) is 0.188. The van der Waals surface area contributed by atoms with Crippen LogP contribution in [-0.2, 0) is 23.8 Å². The van der Waals surface area contributed by atoms with E-state index in [9.17, 15) is 18.0 Å². The van der Waals surface area contributed by atoms with E-state index in [1.54, 1.807) is 5.38 Å². The fourth-order valence-corrected chi connectivity index (χ4v) is 4.44. The van der Waals surface area contributed by atoms with Crippen molar-refractivity contribution in [1.82, 2.24) is 9.97 Å². The second-order valence-electron chi connectivity index (χ2n) is 5.30. The number of alkyl halides is 3. The molecule has 3 aromatic rings. The summed E-state index contributed by atoms with van der Waals surface area (Å²) in [5, 5.41) is 2.61. The molecule has 26 heavy (non-hydrogen) atoms. The van der Waals surface area contributed by atoms with Crippen LogP contribution in [0.2, 0.25) is 9.62 Å². The Balaban J connectivity index is 1.65. The maximum Gasteiger partial charge on any atom is 0.416 e. The topological polar surface area (TPSA) is 42.9 Å². The third-order valence-electron chi connectivity index (χ3n) is 3.38. The van der Waals surface area contributed by atoms with Crippen molar-refractivity contribution in [2.24, 2.45) is 0 Å². The molecule has 0 saturated carbocycles. The van der Waals surface area contributed by atoms with Crippen molar-refractivity contribution in [1.29, 1.82) is 0 Å². The minimum absolute atomic E-state index is 0.0419. The Morgan fingerprint density at radius 3 is 2.35 bits per heavy atom. The van der Waals surface area contributed by atoms with Crippen molar-refractivity contribution in [3.05, 3.63) is 55.4 Å². The molecule has 0 aliphatic rings. The van der Waals surface area contributed by atoms with Crippen molar-refractivity contribution in [3.8, 4) is 10.6 Å². The first-order valence-electron chi connectivity index (χ1n) is 7.17. The van der Waals surface area contributed by atoms with E-state index >= 15 is 0 Å². The van der Waals surface area contributed by atoms with Crippen molar-refractivity contribution in [3.63, 3.8) is 0 Å². The number of ketones is 1. The third-order valence-corrected chi connectivity index (χ3v) is 5.79. The zero-order valence-electron chi connectivity index (χ0n) is 12.8. The molecule has 0 radical (unpaired) electrons. The Kier molecular flexibility index (Phi) is 5.67. The molecule has 0 saturated heterocycles. The van der Waals surface area contributed by atoms with E-state index in [4.69, 9.17) is 23.2 Å². The van der Waals surface area contributed by atoms with Crippen LogP contribution in [0.3, 0.4) is 0 Å². The molecular weight excluding hydrogens is 428 g/mol.